The van der Waals surface area contributed by atoms with Crippen LogP contribution in [-0.4, -0.2) is 70.2 Å². The Balaban J connectivity index is 1.72. The standard InChI is InChI=1S/C33H38O10/c1-19(34)39-25-26(42-29(37)22-15-11-8-12-16-22)31(5)24(41-28(36)21-13-9-7-10-14-21)17-23-18-33(31,43-30(23,3)4)32(6,38)27(25)40-20(2)35/h7-16,23-27,38H,17-18H2,1-6H3/t23-,24+,25+,26+,27+,31-,32+,33-/m1/s1. The highest BCUT2D eigenvalue weighted by atomic mass is 16.6. The molecule has 8 atom stereocenters. The second-order valence-corrected chi connectivity index (χ2v) is 12.7. The number of hydrogen-bond acceptors (Lipinski definition) is 10. The summed E-state index contributed by atoms with van der Waals surface area (Å²) < 4.78 is 30.7. The van der Waals surface area contributed by atoms with E-state index < -0.39 is 70.5 Å². The predicted molar refractivity (Wildman–Crippen MR) is 152 cm³/mol. The molecule has 230 valence electrons. The van der Waals surface area contributed by atoms with Gasteiger partial charge in [-0.05, 0) is 70.7 Å². The van der Waals surface area contributed by atoms with E-state index in [2.05, 4.69) is 0 Å². The minimum absolute atomic E-state index is 0.200. The van der Waals surface area contributed by atoms with Crippen molar-refractivity contribution in [3.63, 3.8) is 0 Å². The van der Waals surface area contributed by atoms with Crippen LogP contribution in [0.15, 0.2) is 60.7 Å². The van der Waals surface area contributed by atoms with Gasteiger partial charge in [0.15, 0.2) is 18.3 Å². The average Bonchev–Trinajstić information content (AvgIpc) is 3.20. The SMILES string of the molecule is CC(=O)O[C@H]1[C@H](OC(=O)c2ccccc2)[C@@]2(C)[C@@H](OC(=O)c3ccccc3)C[C@@H]3C[C@]2(OC3(C)C)[C@@](C)(O)[C@H]1OC(C)=O. The van der Waals surface area contributed by atoms with E-state index in [1.807, 2.05) is 13.8 Å². The first-order chi connectivity index (χ1) is 20.1. The van der Waals surface area contributed by atoms with Crippen molar-refractivity contribution in [3.8, 4) is 0 Å². The number of benzene rings is 2. The molecule has 0 radical (unpaired) electrons. The average molecular weight is 595 g/mol. The third-order valence-corrected chi connectivity index (χ3v) is 9.65. The van der Waals surface area contributed by atoms with Gasteiger partial charge in [0.05, 0.1) is 22.1 Å². The van der Waals surface area contributed by atoms with Crippen LogP contribution in [0.4, 0.5) is 0 Å². The second-order valence-electron chi connectivity index (χ2n) is 12.7. The molecule has 10 heteroatoms. The van der Waals surface area contributed by atoms with Gasteiger partial charge >= 0.3 is 23.9 Å². The highest BCUT2D eigenvalue weighted by Crippen LogP contribution is 2.68. The molecule has 10 nitrogen and oxygen atoms in total. The lowest BCUT2D eigenvalue weighted by atomic mass is 9.47. The number of carbonyl (C=O) groups excluding carboxylic acids is 4. The van der Waals surface area contributed by atoms with Gasteiger partial charge in [0.25, 0.3) is 0 Å². The quantitative estimate of drug-likeness (QED) is 0.386. The second kappa shape index (κ2) is 10.7. The summed E-state index contributed by atoms with van der Waals surface area (Å²) in [7, 11) is 0. The molecular weight excluding hydrogens is 556 g/mol. The maximum absolute atomic E-state index is 13.7. The van der Waals surface area contributed by atoms with Crippen molar-refractivity contribution in [3.05, 3.63) is 71.8 Å². The molecule has 2 aromatic rings. The molecular formula is C33H38O10. The van der Waals surface area contributed by atoms with Crippen LogP contribution in [-0.2, 0) is 33.3 Å². The van der Waals surface area contributed by atoms with Gasteiger partial charge in [0, 0.05) is 13.8 Å². The molecule has 1 aliphatic heterocycles. The zero-order valence-corrected chi connectivity index (χ0v) is 25.2. The van der Waals surface area contributed by atoms with Gasteiger partial charge in [-0.1, -0.05) is 36.4 Å². The Hall–Kier alpha value is -3.76. The van der Waals surface area contributed by atoms with Crippen molar-refractivity contribution in [2.75, 3.05) is 0 Å². The van der Waals surface area contributed by atoms with E-state index in [9.17, 15) is 24.3 Å². The predicted octanol–water partition coefficient (Wildman–Crippen LogP) is 4.03. The van der Waals surface area contributed by atoms with Gasteiger partial charge in [0.2, 0.25) is 0 Å². The molecule has 2 saturated carbocycles. The molecule has 1 heterocycles. The summed E-state index contributed by atoms with van der Waals surface area (Å²) in [4.78, 5) is 52.1. The Kier molecular flexibility index (Phi) is 7.67. The summed E-state index contributed by atoms with van der Waals surface area (Å²) in [6.45, 7) is 9.28. The highest BCUT2D eigenvalue weighted by molar-refractivity contribution is 5.90. The first kappa shape index (κ1) is 30.7. The third-order valence-electron chi connectivity index (χ3n) is 9.65. The molecule has 0 unspecified atom stereocenters. The molecule has 1 saturated heterocycles. The molecule has 3 fully saturated rings. The Morgan fingerprint density at radius 2 is 1.26 bits per heavy atom. The number of rotatable bonds is 6. The zero-order chi connectivity index (χ0) is 31.4. The van der Waals surface area contributed by atoms with Crippen LogP contribution in [0, 0.1) is 11.3 Å². The van der Waals surface area contributed by atoms with E-state index in [0.717, 1.165) is 0 Å². The molecule has 2 bridgehead atoms. The lowest BCUT2D eigenvalue weighted by molar-refractivity contribution is -0.351. The fourth-order valence-corrected chi connectivity index (χ4v) is 7.51. The minimum Gasteiger partial charge on any atom is -0.458 e. The fraction of sp³-hybridized carbons (Fsp3) is 0.515. The van der Waals surface area contributed by atoms with Gasteiger partial charge in [-0.25, -0.2) is 9.59 Å². The summed E-state index contributed by atoms with van der Waals surface area (Å²) in [6, 6.07) is 16.7. The van der Waals surface area contributed by atoms with Gasteiger partial charge < -0.3 is 28.8 Å². The monoisotopic (exact) mass is 594 g/mol. The molecule has 1 N–H and O–H groups in total. The van der Waals surface area contributed by atoms with Crippen LogP contribution in [0.5, 0.6) is 0 Å². The lowest BCUT2D eigenvalue weighted by Gasteiger charge is -2.65. The van der Waals surface area contributed by atoms with E-state index in [4.69, 9.17) is 23.7 Å². The van der Waals surface area contributed by atoms with Crippen molar-refractivity contribution in [1.29, 1.82) is 0 Å². The summed E-state index contributed by atoms with van der Waals surface area (Å²) in [5.74, 6) is -3.05. The molecule has 2 aliphatic carbocycles. The van der Waals surface area contributed by atoms with E-state index in [0.29, 0.717) is 12.0 Å². The maximum Gasteiger partial charge on any atom is 0.338 e. The van der Waals surface area contributed by atoms with Crippen molar-refractivity contribution < 1.29 is 48.0 Å². The Labute approximate surface area is 250 Å². The summed E-state index contributed by atoms with van der Waals surface area (Å²) in [5.41, 5.74) is -5.34. The Morgan fingerprint density at radius 1 is 0.744 bits per heavy atom. The Morgan fingerprint density at radius 3 is 1.77 bits per heavy atom. The van der Waals surface area contributed by atoms with Gasteiger partial charge in [0.1, 0.15) is 17.3 Å². The van der Waals surface area contributed by atoms with E-state index in [1.165, 1.54) is 20.8 Å². The van der Waals surface area contributed by atoms with Crippen LogP contribution in [0.3, 0.4) is 0 Å². The molecule has 5 rings (SSSR count). The van der Waals surface area contributed by atoms with Crippen molar-refractivity contribution in [2.45, 2.75) is 95.6 Å². The van der Waals surface area contributed by atoms with Crippen molar-refractivity contribution >= 4 is 23.9 Å². The van der Waals surface area contributed by atoms with Gasteiger partial charge in [-0.15, -0.1) is 0 Å². The molecule has 2 aromatic carbocycles. The smallest absolute Gasteiger partial charge is 0.338 e. The highest BCUT2D eigenvalue weighted by Gasteiger charge is 2.82. The van der Waals surface area contributed by atoms with Crippen LogP contribution in [0.25, 0.3) is 0 Å². The van der Waals surface area contributed by atoms with Crippen LogP contribution < -0.4 is 0 Å². The topological polar surface area (TPSA) is 135 Å². The number of carbonyl (C=O) groups is 4. The van der Waals surface area contributed by atoms with Gasteiger partial charge in [-0.2, -0.15) is 0 Å². The summed E-state index contributed by atoms with van der Waals surface area (Å²) in [6.07, 6.45) is -4.73. The molecule has 3 aliphatic rings. The number of ether oxygens (including phenoxy) is 5. The number of aliphatic hydroxyl groups is 1. The summed E-state index contributed by atoms with van der Waals surface area (Å²) in [5, 5.41) is 12.5. The minimum atomic E-state index is -1.99. The molecule has 0 aromatic heterocycles. The van der Waals surface area contributed by atoms with Crippen molar-refractivity contribution in [1.82, 2.24) is 0 Å². The zero-order valence-electron chi connectivity index (χ0n) is 25.2. The van der Waals surface area contributed by atoms with Crippen molar-refractivity contribution in [2.24, 2.45) is 11.3 Å². The first-order valence-corrected chi connectivity index (χ1v) is 14.4. The van der Waals surface area contributed by atoms with E-state index >= 15 is 0 Å². The van der Waals surface area contributed by atoms with Crippen LogP contribution in [0.1, 0.15) is 75.1 Å². The van der Waals surface area contributed by atoms with E-state index in [-0.39, 0.29) is 17.9 Å². The number of esters is 4. The maximum atomic E-state index is 13.7. The molecule has 1 spiro atoms. The first-order valence-electron chi connectivity index (χ1n) is 14.4. The van der Waals surface area contributed by atoms with Crippen LogP contribution >= 0.6 is 0 Å². The van der Waals surface area contributed by atoms with E-state index in [1.54, 1.807) is 67.6 Å². The van der Waals surface area contributed by atoms with Crippen LogP contribution in [0.2, 0.25) is 0 Å². The lowest BCUT2D eigenvalue weighted by Crippen LogP contribution is -2.82. The number of hydrogen-bond donors (Lipinski definition) is 1. The van der Waals surface area contributed by atoms with Gasteiger partial charge in [-0.3, -0.25) is 9.59 Å². The summed E-state index contributed by atoms with van der Waals surface area (Å²) >= 11 is 0. The number of fused-ring (bicyclic) bond motifs is 1. The normalized spacial score (nSPS) is 35.7. The third kappa shape index (κ3) is 4.90. The molecule has 43 heavy (non-hydrogen) atoms. The molecule has 0 amide bonds. The largest absolute Gasteiger partial charge is 0.458 e. The fourth-order valence-electron chi connectivity index (χ4n) is 7.51. The Bertz CT molecular complexity index is 1400.